The van der Waals surface area contributed by atoms with Crippen molar-refractivity contribution in [3.05, 3.63) is 86.8 Å². The summed E-state index contributed by atoms with van der Waals surface area (Å²) in [5.74, 6) is 2.20. The number of ether oxygens (including phenoxy) is 3. The molecule has 160 valence electrons. The second-order valence-corrected chi connectivity index (χ2v) is 7.67. The Balaban J connectivity index is 0.00000320. The Morgan fingerprint density at radius 1 is 0.867 bits per heavy atom. The van der Waals surface area contributed by atoms with Crippen LogP contribution < -0.4 is 19.5 Å². The highest BCUT2D eigenvalue weighted by Gasteiger charge is 2.13. The third-order valence-corrected chi connectivity index (χ3v) is 5.41. The summed E-state index contributed by atoms with van der Waals surface area (Å²) in [6, 6.07) is 19.6. The number of rotatable bonds is 9. The van der Waals surface area contributed by atoms with Crippen molar-refractivity contribution in [1.82, 2.24) is 5.32 Å². The van der Waals surface area contributed by atoms with E-state index in [-0.39, 0.29) is 12.4 Å². The molecule has 3 rings (SSSR count). The lowest BCUT2D eigenvalue weighted by Gasteiger charge is -2.15. The largest absolute Gasteiger partial charge is 0.496 e. The molecule has 3 aromatic rings. The van der Waals surface area contributed by atoms with Crippen molar-refractivity contribution in [3.63, 3.8) is 0 Å². The van der Waals surface area contributed by atoms with Crippen LogP contribution in [0.4, 0.5) is 0 Å². The molecule has 0 spiro atoms. The average molecular weight is 513 g/mol. The van der Waals surface area contributed by atoms with E-state index in [9.17, 15) is 0 Å². The minimum atomic E-state index is 0. The fraction of sp³-hybridized carbons (Fsp3) is 0.217. The van der Waals surface area contributed by atoms with Crippen molar-refractivity contribution in [1.29, 1.82) is 0 Å². The van der Waals surface area contributed by atoms with Gasteiger partial charge in [-0.25, -0.2) is 0 Å². The van der Waals surface area contributed by atoms with Crippen molar-refractivity contribution < 1.29 is 14.2 Å². The van der Waals surface area contributed by atoms with Gasteiger partial charge in [0.05, 0.1) is 18.7 Å². The highest BCUT2D eigenvalue weighted by atomic mass is 79.9. The first-order valence-electron chi connectivity index (χ1n) is 9.17. The lowest BCUT2D eigenvalue weighted by Crippen LogP contribution is -2.13. The van der Waals surface area contributed by atoms with Crippen molar-refractivity contribution in [2.45, 2.75) is 19.7 Å². The van der Waals surface area contributed by atoms with E-state index in [2.05, 4.69) is 21.2 Å². The molecule has 0 amide bonds. The first kappa shape index (κ1) is 24.4. The van der Waals surface area contributed by atoms with E-state index in [1.54, 1.807) is 14.2 Å². The standard InChI is InChI=1S/C23H23BrClNO3.ClH/c1-27-21-10-6-4-7-17(21)14-26-13-16-11-19(24)23(22(12-16)28-2)29-15-18-8-3-5-9-20(18)25;/h3-12,26H,13-15H2,1-2H3;1H. The zero-order valence-electron chi connectivity index (χ0n) is 16.8. The molecule has 0 bridgehead atoms. The molecule has 0 fully saturated rings. The zero-order chi connectivity index (χ0) is 20.6. The topological polar surface area (TPSA) is 39.7 Å². The van der Waals surface area contributed by atoms with Gasteiger partial charge in [0.15, 0.2) is 11.5 Å². The fourth-order valence-corrected chi connectivity index (χ4v) is 3.77. The van der Waals surface area contributed by atoms with Crippen molar-refractivity contribution in [2.24, 2.45) is 0 Å². The van der Waals surface area contributed by atoms with Crippen LogP contribution in [0.1, 0.15) is 16.7 Å². The monoisotopic (exact) mass is 511 g/mol. The number of benzene rings is 3. The van der Waals surface area contributed by atoms with Gasteiger partial charge in [-0.05, 0) is 45.8 Å². The van der Waals surface area contributed by atoms with Crippen LogP contribution >= 0.6 is 39.9 Å². The van der Waals surface area contributed by atoms with Crippen LogP contribution in [-0.2, 0) is 19.7 Å². The predicted octanol–water partition coefficient (Wildman–Crippen LogP) is 6.41. The third-order valence-electron chi connectivity index (χ3n) is 4.46. The third kappa shape index (κ3) is 6.29. The summed E-state index contributed by atoms with van der Waals surface area (Å²) < 4.78 is 17.8. The van der Waals surface area contributed by atoms with Crippen molar-refractivity contribution in [3.8, 4) is 17.2 Å². The number of hydrogen-bond donors (Lipinski definition) is 1. The van der Waals surface area contributed by atoms with Crippen LogP contribution in [0.5, 0.6) is 17.2 Å². The lowest BCUT2D eigenvalue weighted by atomic mass is 10.1. The van der Waals surface area contributed by atoms with E-state index in [1.165, 1.54) is 0 Å². The van der Waals surface area contributed by atoms with E-state index in [0.29, 0.717) is 36.2 Å². The van der Waals surface area contributed by atoms with Gasteiger partial charge in [-0.15, -0.1) is 12.4 Å². The molecule has 0 saturated carbocycles. The van der Waals surface area contributed by atoms with Gasteiger partial charge in [0.2, 0.25) is 0 Å². The smallest absolute Gasteiger partial charge is 0.175 e. The molecule has 0 unspecified atom stereocenters. The maximum atomic E-state index is 6.22. The number of methoxy groups -OCH3 is 2. The SMILES string of the molecule is COc1ccccc1CNCc1cc(Br)c(OCc2ccccc2Cl)c(OC)c1.Cl. The summed E-state index contributed by atoms with van der Waals surface area (Å²) in [7, 11) is 3.32. The molecule has 0 heterocycles. The maximum absolute atomic E-state index is 6.22. The Morgan fingerprint density at radius 3 is 2.23 bits per heavy atom. The molecule has 4 nitrogen and oxygen atoms in total. The summed E-state index contributed by atoms with van der Waals surface area (Å²) in [5.41, 5.74) is 3.11. The number of hydrogen-bond acceptors (Lipinski definition) is 4. The highest BCUT2D eigenvalue weighted by Crippen LogP contribution is 2.37. The highest BCUT2D eigenvalue weighted by molar-refractivity contribution is 9.10. The van der Waals surface area contributed by atoms with Gasteiger partial charge in [0, 0.05) is 29.2 Å². The van der Waals surface area contributed by atoms with Crippen molar-refractivity contribution in [2.75, 3.05) is 14.2 Å². The minimum Gasteiger partial charge on any atom is -0.496 e. The number of para-hydroxylation sites is 1. The van der Waals surface area contributed by atoms with Gasteiger partial charge in [-0.2, -0.15) is 0 Å². The number of halogens is 3. The van der Waals surface area contributed by atoms with Gasteiger partial charge < -0.3 is 19.5 Å². The van der Waals surface area contributed by atoms with Crippen LogP contribution in [0, 0.1) is 0 Å². The van der Waals surface area contributed by atoms with Crippen LogP contribution in [0.2, 0.25) is 5.02 Å². The van der Waals surface area contributed by atoms with Crippen LogP contribution in [0.15, 0.2) is 65.1 Å². The summed E-state index contributed by atoms with van der Waals surface area (Å²) >= 11 is 9.82. The lowest BCUT2D eigenvalue weighted by molar-refractivity contribution is 0.282. The molecular formula is C23H24BrCl2NO3. The Morgan fingerprint density at radius 2 is 1.53 bits per heavy atom. The first-order chi connectivity index (χ1) is 14.1. The summed E-state index contributed by atoms with van der Waals surface area (Å²) in [4.78, 5) is 0. The van der Waals surface area contributed by atoms with Gasteiger partial charge in [-0.3, -0.25) is 0 Å². The van der Waals surface area contributed by atoms with Gasteiger partial charge in [-0.1, -0.05) is 48.0 Å². The van der Waals surface area contributed by atoms with E-state index in [0.717, 1.165) is 26.9 Å². The minimum absolute atomic E-state index is 0. The first-order valence-corrected chi connectivity index (χ1v) is 10.3. The zero-order valence-corrected chi connectivity index (χ0v) is 19.9. The predicted molar refractivity (Wildman–Crippen MR) is 127 cm³/mol. The second-order valence-electron chi connectivity index (χ2n) is 6.40. The van der Waals surface area contributed by atoms with E-state index >= 15 is 0 Å². The van der Waals surface area contributed by atoms with Crippen molar-refractivity contribution >= 4 is 39.9 Å². The van der Waals surface area contributed by atoms with E-state index in [1.807, 2.05) is 60.7 Å². The Kier molecular flexibility index (Phi) is 9.79. The molecular weight excluding hydrogens is 489 g/mol. The van der Waals surface area contributed by atoms with Gasteiger partial charge in [0.1, 0.15) is 12.4 Å². The number of nitrogens with one attached hydrogen (secondary N) is 1. The molecule has 30 heavy (non-hydrogen) atoms. The summed E-state index contributed by atoms with van der Waals surface area (Å²) in [6.45, 7) is 1.74. The summed E-state index contributed by atoms with van der Waals surface area (Å²) in [6.07, 6.45) is 0. The molecule has 0 radical (unpaired) electrons. The molecule has 0 aliphatic heterocycles. The Labute approximate surface area is 197 Å². The second kappa shape index (κ2) is 12.1. The van der Waals surface area contributed by atoms with E-state index < -0.39 is 0 Å². The van der Waals surface area contributed by atoms with Gasteiger partial charge >= 0.3 is 0 Å². The normalized spacial score (nSPS) is 10.3. The molecule has 0 atom stereocenters. The van der Waals surface area contributed by atoms with Crippen LogP contribution in [0.3, 0.4) is 0 Å². The average Bonchev–Trinajstić information content (AvgIpc) is 2.74. The van der Waals surface area contributed by atoms with Gasteiger partial charge in [0.25, 0.3) is 0 Å². The molecule has 0 aliphatic carbocycles. The maximum Gasteiger partial charge on any atom is 0.175 e. The van der Waals surface area contributed by atoms with Crippen LogP contribution in [-0.4, -0.2) is 14.2 Å². The summed E-state index contributed by atoms with van der Waals surface area (Å²) in [5, 5.41) is 4.12. The van der Waals surface area contributed by atoms with Crippen LogP contribution in [0.25, 0.3) is 0 Å². The molecule has 1 N–H and O–H groups in total. The fourth-order valence-electron chi connectivity index (χ4n) is 2.97. The quantitative estimate of drug-likeness (QED) is 0.359. The molecule has 0 aliphatic rings. The Hall–Kier alpha value is -1.92. The molecule has 0 aromatic heterocycles. The Bertz CT molecular complexity index is 969. The molecule has 0 saturated heterocycles. The molecule has 7 heteroatoms. The van der Waals surface area contributed by atoms with E-state index in [4.69, 9.17) is 25.8 Å². The molecule has 3 aromatic carbocycles.